The summed E-state index contributed by atoms with van der Waals surface area (Å²) in [6.07, 6.45) is -2.70. The van der Waals surface area contributed by atoms with Crippen LogP contribution in [0, 0.1) is 0 Å². The first-order chi connectivity index (χ1) is 9.23. The first kappa shape index (κ1) is 16.8. The minimum atomic E-state index is -1.43. The number of aliphatic hydroxyl groups is 2. The van der Waals surface area contributed by atoms with Crippen molar-refractivity contribution < 1.29 is 24.9 Å². The van der Waals surface area contributed by atoms with Crippen LogP contribution in [-0.4, -0.2) is 38.3 Å². The Kier molecular flexibility index (Phi) is 5.82. The van der Waals surface area contributed by atoms with E-state index in [1.807, 2.05) is 0 Å². The number of aromatic carboxylic acids is 1. The van der Waals surface area contributed by atoms with Crippen LogP contribution >= 0.6 is 23.4 Å². The second kappa shape index (κ2) is 6.94. The molecule has 20 heavy (non-hydrogen) atoms. The van der Waals surface area contributed by atoms with E-state index in [1.165, 1.54) is 13.0 Å². The molecule has 0 spiro atoms. The van der Waals surface area contributed by atoms with Crippen LogP contribution in [-0.2, 0) is 4.79 Å². The molecular weight excluding hydrogens is 306 g/mol. The molecule has 0 bridgehead atoms. The van der Waals surface area contributed by atoms with E-state index >= 15 is 0 Å². The van der Waals surface area contributed by atoms with Crippen LogP contribution in [0.15, 0.2) is 12.1 Å². The molecule has 0 aliphatic carbocycles. The van der Waals surface area contributed by atoms with Crippen molar-refractivity contribution in [3.8, 4) is 0 Å². The lowest BCUT2D eigenvalue weighted by Gasteiger charge is -2.20. The van der Waals surface area contributed by atoms with Crippen LogP contribution in [0.4, 0.5) is 5.69 Å². The summed E-state index contributed by atoms with van der Waals surface area (Å²) in [5, 5.41) is 28.7. The maximum absolute atomic E-state index is 11.0. The molecule has 0 aromatic heterocycles. The molecule has 110 valence electrons. The summed E-state index contributed by atoms with van der Waals surface area (Å²) in [6.45, 7) is 1.33. The number of carboxylic acids is 1. The number of benzene rings is 1. The van der Waals surface area contributed by atoms with Crippen molar-refractivity contribution in [2.45, 2.75) is 19.1 Å². The number of thioether (sulfide) groups is 1. The van der Waals surface area contributed by atoms with Crippen LogP contribution in [0.2, 0.25) is 5.02 Å². The molecule has 1 aromatic carbocycles. The van der Waals surface area contributed by atoms with Gasteiger partial charge in [-0.3, -0.25) is 4.79 Å². The second-order valence-electron chi connectivity index (χ2n) is 4.08. The highest BCUT2D eigenvalue weighted by Gasteiger charge is 2.24. The van der Waals surface area contributed by atoms with Crippen molar-refractivity contribution in [2.75, 3.05) is 11.5 Å². The van der Waals surface area contributed by atoms with E-state index in [1.54, 1.807) is 0 Å². The molecule has 0 fully saturated rings. The lowest BCUT2D eigenvalue weighted by molar-refractivity contribution is -0.109. The fourth-order valence-electron chi connectivity index (χ4n) is 1.56. The number of hydrogen-bond acceptors (Lipinski definition) is 6. The van der Waals surface area contributed by atoms with Gasteiger partial charge in [0.05, 0.1) is 17.4 Å². The topological polar surface area (TPSA) is 121 Å². The lowest BCUT2D eigenvalue weighted by Crippen LogP contribution is -2.23. The molecule has 0 amide bonds. The van der Waals surface area contributed by atoms with Gasteiger partial charge in [-0.1, -0.05) is 23.4 Å². The summed E-state index contributed by atoms with van der Waals surface area (Å²) in [4.78, 5) is 21.8. The summed E-state index contributed by atoms with van der Waals surface area (Å²) >= 11 is 6.62. The van der Waals surface area contributed by atoms with Crippen molar-refractivity contribution in [2.24, 2.45) is 0 Å². The van der Waals surface area contributed by atoms with Crippen LogP contribution in [0.25, 0.3) is 0 Å². The van der Waals surface area contributed by atoms with E-state index in [0.29, 0.717) is 0 Å². The zero-order valence-corrected chi connectivity index (χ0v) is 12.1. The molecule has 1 aromatic rings. The average molecular weight is 320 g/mol. The van der Waals surface area contributed by atoms with E-state index in [9.17, 15) is 19.8 Å². The van der Waals surface area contributed by atoms with Gasteiger partial charge in [-0.25, -0.2) is 4.79 Å². The normalized spacial score (nSPS) is 13.8. The van der Waals surface area contributed by atoms with Gasteiger partial charge < -0.3 is 21.1 Å². The first-order valence-electron chi connectivity index (χ1n) is 5.55. The highest BCUT2D eigenvalue weighted by molar-refractivity contribution is 8.13. The highest BCUT2D eigenvalue weighted by Crippen LogP contribution is 2.31. The molecular formula is C12H14ClNO5S. The Bertz CT molecular complexity index is 537. The third-order valence-corrected chi connectivity index (χ3v) is 3.68. The minimum absolute atomic E-state index is 0.0200. The number of anilines is 1. The molecule has 0 radical (unpaired) electrons. The van der Waals surface area contributed by atoms with Crippen molar-refractivity contribution >= 4 is 40.1 Å². The van der Waals surface area contributed by atoms with E-state index in [2.05, 4.69) is 0 Å². The highest BCUT2D eigenvalue weighted by atomic mass is 35.5. The van der Waals surface area contributed by atoms with Gasteiger partial charge in [0, 0.05) is 23.3 Å². The second-order valence-corrected chi connectivity index (χ2v) is 5.71. The Balaban J connectivity index is 3.06. The quantitative estimate of drug-likeness (QED) is 0.603. The Labute approximate surface area is 124 Å². The first-order valence-corrected chi connectivity index (χ1v) is 6.92. The van der Waals surface area contributed by atoms with Crippen LogP contribution < -0.4 is 5.73 Å². The monoisotopic (exact) mass is 319 g/mol. The summed E-state index contributed by atoms with van der Waals surface area (Å²) in [6, 6.07) is 2.45. The van der Waals surface area contributed by atoms with Gasteiger partial charge in [-0.05, 0) is 12.1 Å². The van der Waals surface area contributed by atoms with Crippen LogP contribution in [0.3, 0.4) is 0 Å². The average Bonchev–Trinajstić information content (AvgIpc) is 2.36. The van der Waals surface area contributed by atoms with Gasteiger partial charge in [0.15, 0.2) is 5.12 Å². The third kappa shape index (κ3) is 4.11. The van der Waals surface area contributed by atoms with Crippen molar-refractivity contribution in [1.82, 2.24) is 0 Å². The Hall–Kier alpha value is -1.28. The van der Waals surface area contributed by atoms with Crippen molar-refractivity contribution in [3.05, 3.63) is 28.3 Å². The molecule has 6 nitrogen and oxygen atoms in total. The molecule has 0 aliphatic heterocycles. The molecule has 0 saturated carbocycles. The number of halogens is 1. The van der Waals surface area contributed by atoms with Crippen LogP contribution in [0.1, 0.15) is 28.9 Å². The number of rotatable bonds is 5. The van der Waals surface area contributed by atoms with E-state index in [4.69, 9.17) is 22.4 Å². The molecule has 2 atom stereocenters. The maximum atomic E-state index is 11.0. The molecule has 1 rings (SSSR count). The zero-order chi connectivity index (χ0) is 15.4. The standard InChI is InChI=1S/C12H14ClNO5S/c1-5(15)20-4-9(16)11(17)7-2-6(13)3-8(10(7)14)12(18)19/h2-3,9,11,16-17H,4,14H2,1H3,(H,18,19). The Morgan fingerprint density at radius 3 is 2.50 bits per heavy atom. The van der Waals surface area contributed by atoms with Gasteiger partial charge in [0.25, 0.3) is 0 Å². The molecule has 8 heteroatoms. The predicted molar refractivity (Wildman–Crippen MR) is 76.9 cm³/mol. The number of carboxylic acid groups (broad SMARTS) is 1. The summed E-state index contributed by atoms with van der Waals surface area (Å²) in [5.74, 6) is -1.32. The zero-order valence-electron chi connectivity index (χ0n) is 10.5. The van der Waals surface area contributed by atoms with Crippen LogP contribution in [0.5, 0.6) is 0 Å². The fourth-order valence-corrected chi connectivity index (χ4v) is 2.38. The number of nitrogens with two attached hydrogens (primary N) is 1. The van der Waals surface area contributed by atoms with Crippen molar-refractivity contribution in [3.63, 3.8) is 0 Å². The number of carbonyl (C=O) groups excluding carboxylic acids is 1. The van der Waals surface area contributed by atoms with Gasteiger partial charge in [-0.15, -0.1) is 0 Å². The smallest absolute Gasteiger partial charge is 0.337 e. The summed E-state index contributed by atoms with van der Waals surface area (Å²) in [7, 11) is 0. The molecule has 0 saturated heterocycles. The number of hydrogen-bond donors (Lipinski definition) is 4. The summed E-state index contributed by atoms with van der Waals surface area (Å²) in [5.41, 5.74) is 5.27. The van der Waals surface area contributed by atoms with E-state index < -0.39 is 18.2 Å². The fraction of sp³-hybridized carbons (Fsp3) is 0.333. The SMILES string of the molecule is CC(=O)SCC(O)C(O)c1cc(Cl)cc(C(=O)O)c1N. The maximum Gasteiger partial charge on any atom is 0.337 e. The molecule has 0 aliphatic rings. The van der Waals surface area contributed by atoms with Crippen molar-refractivity contribution in [1.29, 1.82) is 0 Å². The van der Waals surface area contributed by atoms with Gasteiger partial charge in [0.1, 0.15) is 6.10 Å². The van der Waals surface area contributed by atoms with Gasteiger partial charge in [-0.2, -0.15) is 0 Å². The number of aliphatic hydroxyl groups excluding tert-OH is 2. The predicted octanol–water partition coefficient (Wildman–Crippen LogP) is 1.29. The summed E-state index contributed by atoms with van der Waals surface area (Å²) < 4.78 is 0. The molecule has 5 N–H and O–H groups in total. The van der Waals surface area contributed by atoms with Gasteiger partial charge in [0.2, 0.25) is 0 Å². The van der Waals surface area contributed by atoms with E-state index in [0.717, 1.165) is 17.8 Å². The largest absolute Gasteiger partial charge is 0.478 e. The third-order valence-electron chi connectivity index (χ3n) is 2.55. The number of carbonyl (C=O) groups is 2. The number of nitrogen functional groups attached to an aromatic ring is 1. The Morgan fingerprint density at radius 2 is 2.00 bits per heavy atom. The minimum Gasteiger partial charge on any atom is -0.478 e. The molecule has 0 heterocycles. The molecule has 2 unspecified atom stereocenters. The van der Waals surface area contributed by atoms with E-state index in [-0.39, 0.29) is 32.7 Å². The Morgan fingerprint density at radius 1 is 1.40 bits per heavy atom. The lowest BCUT2D eigenvalue weighted by atomic mass is 10.00. The van der Waals surface area contributed by atoms with Gasteiger partial charge >= 0.3 is 5.97 Å².